The molecule has 6 rings (SSSR count). The Hall–Kier alpha value is -1.94. The third kappa shape index (κ3) is 4.27. The number of alkyl halides is 1. The van der Waals surface area contributed by atoms with Gasteiger partial charge in [-0.25, -0.2) is 4.39 Å². The first-order chi connectivity index (χ1) is 16.7. The van der Waals surface area contributed by atoms with Gasteiger partial charge in [-0.15, -0.1) is 11.8 Å². The van der Waals surface area contributed by atoms with Gasteiger partial charge in [-0.1, -0.05) is 18.2 Å². The van der Waals surface area contributed by atoms with Crippen LogP contribution in [-0.4, -0.2) is 102 Å². The topological polar surface area (TPSA) is 53.8 Å². The molecular formula is C25H32FN5O2S. The van der Waals surface area contributed by atoms with Crippen LogP contribution in [0.1, 0.15) is 34.9 Å². The zero-order chi connectivity index (χ0) is 23.1. The van der Waals surface area contributed by atoms with E-state index in [1.165, 1.54) is 10.5 Å². The quantitative estimate of drug-likeness (QED) is 0.649. The summed E-state index contributed by atoms with van der Waals surface area (Å²) in [5.74, 6) is 0.802. The number of rotatable bonds is 5. The number of ether oxygens (including phenoxy) is 1. The number of aromatic nitrogens is 2. The van der Waals surface area contributed by atoms with E-state index in [2.05, 4.69) is 38.7 Å². The molecule has 0 radical (unpaired) electrons. The van der Waals surface area contributed by atoms with Crippen LogP contribution in [-0.2, 0) is 10.5 Å². The van der Waals surface area contributed by atoms with Crippen molar-refractivity contribution in [2.24, 2.45) is 0 Å². The third-order valence-corrected chi connectivity index (χ3v) is 8.66. The van der Waals surface area contributed by atoms with Gasteiger partial charge in [0, 0.05) is 74.1 Å². The SMILES string of the molecule is O=C(c1nn(C2CCN(CCN3CC[C@@H](F)C3)C2)c2c1CSc1ccccc1-2)N1CCOCC1. The first-order valence-electron chi connectivity index (χ1n) is 12.5. The number of likely N-dealkylation sites (tertiary alicyclic amines) is 2. The van der Waals surface area contributed by atoms with Crippen LogP contribution in [0.5, 0.6) is 0 Å². The molecular weight excluding hydrogens is 453 g/mol. The molecule has 5 heterocycles. The number of thioether (sulfide) groups is 1. The van der Waals surface area contributed by atoms with E-state index in [4.69, 9.17) is 9.84 Å². The monoisotopic (exact) mass is 485 g/mol. The van der Waals surface area contributed by atoms with Crippen molar-refractivity contribution in [3.8, 4) is 11.3 Å². The summed E-state index contributed by atoms with van der Waals surface area (Å²) in [4.78, 5) is 21.3. The molecule has 182 valence electrons. The summed E-state index contributed by atoms with van der Waals surface area (Å²) in [5, 5.41) is 5.01. The van der Waals surface area contributed by atoms with E-state index in [0.717, 1.165) is 56.2 Å². The predicted octanol–water partition coefficient (Wildman–Crippen LogP) is 2.92. The van der Waals surface area contributed by atoms with Gasteiger partial charge in [0.15, 0.2) is 5.69 Å². The van der Waals surface area contributed by atoms with Gasteiger partial charge in [-0.2, -0.15) is 5.10 Å². The number of halogens is 1. The smallest absolute Gasteiger partial charge is 0.274 e. The average molecular weight is 486 g/mol. The number of morpholine rings is 1. The molecule has 0 aliphatic carbocycles. The summed E-state index contributed by atoms with van der Waals surface area (Å²) < 4.78 is 21.2. The molecule has 9 heteroatoms. The minimum Gasteiger partial charge on any atom is -0.378 e. The molecule has 0 spiro atoms. The van der Waals surface area contributed by atoms with Crippen molar-refractivity contribution in [2.45, 2.75) is 35.7 Å². The van der Waals surface area contributed by atoms with Crippen LogP contribution >= 0.6 is 11.8 Å². The van der Waals surface area contributed by atoms with Crippen LogP contribution < -0.4 is 0 Å². The molecule has 0 bridgehead atoms. The average Bonchev–Trinajstić information content (AvgIpc) is 3.61. The Morgan fingerprint density at radius 1 is 1.06 bits per heavy atom. The second kappa shape index (κ2) is 9.60. The number of nitrogens with zero attached hydrogens (tertiary/aromatic N) is 5. The van der Waals surface area contributed by atoms with Crippen molar-refractivity contribution in [1.29, 1.82) is 0 Å². The lowest BCUT2D eigenvalue weighted by Crippen LogP contribution is -2.41. The normalized spacial score (nSPS) is 25.5. The van der Waals surface area contributed by atoms with Gasteiger partial charge < -0.3 is 9.64 Å². The van der Waals surface area contributed by atoms with Gasteiger partial charge in [0.05, 0.1) is 24.9 Å². The molecule has 1 aromatic heterocycles. The molecule has 0 saturated carbocycles. The van der Waals surface area contributed by atoms with E-state index in [1.54, 1.807) is 11.8 Å². The molecule has 3 saturated heterocycles. The van der Waals surface area contributed by atoms with Crippen LogP contribution in [0.4, 0.5) is 4.39 Å². The van der Waals surface area contributed by atoms with Crippen molar-refractivity contribution >= 4 is 17.7 Å². The van der Waals surface area contributed by atoms with Crippen LogP contribution in [0.25, 0.3) is 11.3 Å². The van der Waals surface area contributed by atoms with Gasteiger partial charge in [0.25, 0.3) is 5.91 Å². The Balaban J connectivity index is 1.26. The fourth-order valence-electron chi connectivity index (χ4n) is 5.67. The molecule has 4 aliphatic heterocycles. The Bertz CT molecular complexity index is 1060. The highest BCUT2D eigenvalue weighted by Gasteiger charge is 2.35. The number of hydrogen-bond acceptors (Lipinski definition) is 6. The van der Waals surface area contributed by atoms with Crippen LogP contribution in [0.2, 0.25) is 0 Å². The van der Waals surface area contributed by atoms with Crippen molar-refractivity contribution in [3.05, 3.63) is 35.5 Å². The lowest BCUT2D eigenvalue weighted by Gasteiger charge is -2.26. The van der Waals surface area contributed by atoms with Gasteiger partial charge in [-0.05, 0) is 18.9 Å². The number of carbonyl (C=O) groups is 1. The first kappa shape index (κ1) is 22.5. The number of hydrogen-bond donors (Lipinski definition) is 0. The summed E-state index contributed by atoms with van der Waals surface area (Å²) in [6.45, 7) is 7.67. The molecule has 4 aliphatic rings. The number of benzene rings is 1. The Morgan fingerprint density at radius 2 is 1.82 bits per heavy atom. The molecule has 0 N–H and O–H groups in total. The predicted molar refractivity (Wildman–Crippen MR) is 130 cm³/mol. The van der Waals surface area contributed by atoms with E-state index < -0.39 is 6.17 Å². The van der Waals surface area contributed by atoms with Gasteiger partial charge in [0.1, 0.15) is 6.17 Å². The maximum Gasteiger partial charge on any atom is 0.274 e. The maximum absolute atomic E-state index is 13.5. The first-order valence-corrected chi connectivity index (χ1v) is 13.5. The van der Waals surface area contributed by atoms with Crippen molar-refractivity contribution < 1.29 is 13.9 Å². The Kier molecular flexibility index (Phi) is 6.36. The number of amides is 1. The fourth-order valence-corrected chi connectivity index (χ4v) is 6.74. The van der Waals surface area contributed by atoms with Crippen molar-refractivity contribution in [1.82, 2.24) is 24.5 Å². The van der Waals surface area contributed by atoms with E-state index in [-0.39, 0.29) is 11.9 Å². The van der Waals surface area contributed by atoms with E-state index in [1.807, 2.05) is 4.90 Å². The summed E-state index contributed by atoms with van der Waals surface area (Å²) in [5.41, 5.74) is 4.00. The second-order valence-corrected chi connectivity index (χ2v) is 10.8. The highest BCUT2D eigenvalue weighted by Crippen LogP contribution is 2.44. The Morgan fingerprint density at radius 3 is 2.62 bits per heavy atom. The number of carbonyl (C=O) groups excluding carboxylic acids is 1. The second-order valence-electron chi connectivity index (χ2n) is 9.74. The number of fused-ring (bicyclic) bond motifs is 3. The molecule has 2 atom stereocenters. The third-order valence-electron chi connectivity index (χ3n) is 7.56. The maximum atomic E-state index is 13.5. The van der Waals surface area contributed by atoms with Crippen LogP contribution in [0.15, 0.2) is 29.2 Å². The van der Waals surface area contributed by atoms with Gasteiger partial charge >= 0.3 is 0 Å². The Labute approximate surface area is 204 Å². The largest absolute Gasteiger partial charge is 0.378 e. The van der Waals surface area contributed by atoms with Crippen molar-refractivity contribution in [3.63, 3.8) is 0 Å². The molecule has 2 aromatic rings. The van der Waals surface area contributed by atoms with Gasteiger partial charge in [-0.3, -0.25) is 19.3 Å². The molecule has 1 amide bonds. The van der Waals surface area contributed by atoms with Crippen LogP contribution in [0.3, 0.4) is 0 Å². The summed E-state index contributed by atoms with van der Waals surface area (Å²) >= 11 is 1.79. The van der Waals surface area contributed by atoms with E-state index in [9.17, 15) is 9.18 Å². The molecule has 34 heavy (non-hydrogen) atoms. The summed E-state index contributed by atoms with van der Waals surface area (Å²) in [6.07, 6.45) is 1.02. The lowest BCUT2D eigenvalue weighted by molar-refractivity contribution is 0.0297. The molecule has 1 aromatic carbocycles. The molecule has 1 unspecified atom stereocenters. The van der Waals surface area contributed by atoms with Crippen LogP contribution in [0, 0.1) is 0 Å². The molecule has 7 nitrogen and oxygen atoms in total. The minimum absolute atomic E-state index is 0.0305. The summed E-state index contributed by atoms with van der Waals surface area (Å²) in [7, 11) is 0. The molecule has 3 fully saturated rings. The van der Waals surface area contributed by atoms with E-state index >= 15 is 0 Å². The van der Waals surface area contributed by atoms with E-state index in [0.29, 0.717) is 45.0 Å². The highest BCUT2D eigenvalue weighted by atomic mass is 32.2. The zero-order valence-corrected chi connectivity index (χ0v) is 20.3. The van der Waals surface area contributed by atoms with Crippen molar-refractivity contribution in [2.75, 3.05) is 65.6 Å². The lowest BCUT2D eigenvalue weighted by atomic mass is 10.0. The standard InChI is InChI=1S/C25H32FN5O2S/c26-18-5-7-28(15-18)9-10-29-8-6-19(16-29)31-24-20-3-1-2-4-22(20)34-17-21(24)23(27-31)25(32)30-11-13-33-14-12-30/h1-4,18-19H,5-17H2/t18-,19?/m1/s1. The van der Waals surface area contributed by atoms with Gasteiger partial charge in [0.2, 0.25) is 0 Å². The summed E-state index contributed by atoms with van der Waals surface area (Å²) in [6, 6.07) is 8.72. The zero-order valence-electron chi connectivity index (χ0n) is 19.5. The minimum atomic E-state index is -0.665. The fraction of sp³-hybridized carbons (Fsp3) is 0.600. The highest BCUT2D eigenvalue weighted by molar-refractivity contribution is 7.98.